The number of rotatable bonds is 7. The maximum atomic E-state index is 12.1. The zero-order valence-corrected chi connectivity index (χ0v) is 12.5. The molecule has 18 heavy (non-hydrogen) atoms. The predicted molar refractivity (Wildman–Crippen MR) is 72.6 cm³/mol. The fraction of sp³-hybridized carbons (Fsp3) is 1.00. The fourth-order valence-corrected chi connectivity index (χ4v) is 3.57. The molecule has 6 heteroatoms. The van der Waals surface area contributed by atoms with E-state index in [1.165, 1.54) is 4.31 Å². The Hall–Kier alpha value is -0.170. The van der Waals surface area contributed by atoms with Gasteiger partial charge >= 0.3 is 0 Å². The van der Waals surface area contributed by atoms with Crippen molar-refractivity contribution in [2.75, 3.05) is 19.6 Å². The molecule has 1 heterocycles. The minimum atomic E-state index is -3.33. The third-order valence-corrected chi connectivity index (χ3v) is 4.59. The second kappa shape index (κ2) is 7.43. The van der Waals surface area contributed by atoms with Gasteiger partial charge in [0.05, 0.1) is 12.2 Å². The van der Waals surface area contributed by atoms with Gasteiger partial charge in [-0.25, -0.2) is 4.72 Å². The summed E-state index contributed by atoms with van der Waals surface area (Å²) in [5, 5.41) is 0. The SMILES string of the molecule is CCCCCCNS(=O)(=O)N1CC(C)OC(C)C1. The minimum Gasteiger partial charge on any atom is -0.373 e. The van der Waals surface area contributed by atoms with Crippen LogP contribution in [0.15, 0.2) is 0 Å². The van der Waals surface area contributed by atoms with E-state index in [9.17, 15) is 8.42 Å². The quantitative estimate of drug-likeness (QED) is 0.718. The third-order valence-electron chi connectivity index (χ3n) is 3.04. The van der Waals surface area contributed by atoms with Crippen LogP contribution in [0.2, 0.25) is 0 Å². The Morgan fingerprint density at radius 2 is 1.78 bits per heavy atom. The molecule has 2 atom stereocenters. The molecule has 0 aromatic rings. The lowest BCUT2D eigenvalue weighted by Crippen LogP contribution is -2.52. The van der Waals surface area contributed by atoms with Crippen LogP contribution in [0.3, 0.4) is 0 Å². The molecule has 0 amide bonds. The molecular formula is C12H26N2O3S. The summed E-state index contributed by atoms with van der Waals surface area (Å²) in [7, 11) is -3.33. The van der Waals surface area contributed by atoms with Crippen molar-refractivity contribution >= 4 is 10.2 Å². The fourth-order valence-electron chi connectivity index (χ4n) is 2.17. The van der Waals surface area contributed by atoms with Crippen LogP contribution in [0.5, 0.6) is 0 Å². The van der Waals surface area contributed by atoms with Crippen molar-refractivity contribution in [3.8, 4) is 0 Å². The van der Waals surface area contributed by atoms with E-state index >= 15 is 0 Å². The Morgan fingerprint density at radius 3 is 2.33 bits per heavy atom. The van der Waals surface area contributed by atoms with Crippen LogP contribution in [0.25, 0.3) is 0 Å². The van der Waals surface area contributed by atoms with Gasteiger partial charge < -0.3 is 4.74 Å². The zero-order valence-electron chi connectivity index (χ0n) is 11.7. The summed E-state index contributed by atoms with van der Waals surface area (Å²) >= 11 is 0. The molecule has 2 unspecified atom stereocenters. The van der Waals surface area contributed by atoms with Crippen LogP contribution >= 0.6 is 0 Å². The van der Waals surface area contributed by atoms with Crippen LogP contribution in [0, 0.1) is 0 Å². The molecule has 0 spiro atoms. The van der Waals surface area contributed by atoms with E-state index in [1.807, 2.05) is 13.8 Å². The van der Waals surface area contributed by atoms with Crippen molar-refractivity contribution < 1.29 is 13.2 Å². The van der Waals surface area contributed by atoms with Crippen molar-refractivity contribution in [1.82, 2.24) is 9.03 Å². The molecule has 1 saturated heterocycles. The smallest absolute Gasteiger partial charge is 0.279 e. The monoisotopic (exact) mass is 278 g/mol. The van der Waals surface area contributed by atoms with E-state index in [1.54, 1.807) is 0 Å². The first-order chi connectivity index (χ1) is 8.45. The average Bonchev–Trinajstić information content (AvgIpc) is 2.27. The van der Waals surface area contributed by atoms with Gasteiger partial charge in [0.15, 0.2) is 0 Å². The van der Waals surface area contributed by atoms with Crippen LogP contribution in [-0.4, -0.2) is 44.6 Å². The molecule has 0 saturated carbocycles. The third kappa shape index (κ3) is 5.22. The summed E-state index contributed by atoms with van der Waals surface area (Å²) in [6, 6.07) is 0. The van der Waals surface area contributed by atoms with Crippen LogP contribution in [0.1, 0.15) is 46.5 Å². The van der Waals surface area contributed by atoms with E-state index in [2.05, 4.69) is 11.6 Å². The largest absolute Gasteiger partial charge is 0.373 e. The number of ether oxygens (including phenoxy) is 1. The summed E-state index contributed by atoms with van der Waals surface area (Å²) in [6.45, 7) is 7.35. The van der Waals surface area contributed by atoms with Gasteiger partial charge in [0.2, 0.25) is 0 Å². The number of hydrogen-bond donors (Lipinski definition) is 1. The predicted octanol–water partition coefficient (Wildman–Crippen LogP) is 1.51. The van der Waals surface area contributed by atoms with Gasteiger partial charge in [0.25, 0.3) is 10.2 Å². The number of nitrogens with zero attached hydrogens (tertiary/aromatic N) is 1. The molecule has 1 fully saturated rings. The molecule has 0 radical (unpaired) electrons. The van der Waals surface area contributed by atoms with Crippen molar-refractivity contribution in [2.24, 2.45) is 0 Å². The van der Waals surface area contributed by atoms with Crippen LogP contribution < -0.4 is 4.72 Å². The van der Waals surface area contributed by atoms with Crippen molar-refractivity contribution in [2.45, 2.75) is 58.7 Å². The number of unbranched alkanes of at least 4 members (excludes halogenated alkanes) is 3. The number of morpholine rings is 1. The Balaban J connectivity index is 2.38. The molecule has 0 aromatic carbocycles. The molecule has 5 nitrogen and oxygen atoms in total. The zero-order chi connectivity index (χ0) is 13.6. The first-order valence-corrected chi connectivity index (χ1v) is 8.30. The maximum Gasteiger partial charge on any atom is 0.279 e. The lowest BCUT2D eigenvalue weighted by Gasteiger charge is -2.34. The standard InChI is InChI=1S/C12H26N2O3S/c1-4-5-6-7-8-13-18(15,16)14-9-11(2)17-12(3)10-14/h11-13H,4-10H2,1-3H3. The molecule has 1 aliphatic heterocycles. The highest BCUT2D eigenvalue weighted by molar-refractivity contribution is 7.87. The highest BCUT2D eigenvalue weighted by Crippen LogP contribution is 2.13. The van der Waals surface area contributed by atoms with E-state index in [0.717, 1.165) is 25.7 Å². The lowest BCUT2D eigenvalue weighted by atomic mass is 10.2. The van der Waals surface area contributed by atoms with Crippen molar-refractivity contribution in [3.05, 3.63) is 0 Å². The van der Waals surface area contributed by atoms with Gasteiger partial charge in [-0.2, -0.15) is 12.7 Å². The topological polar surface area (TPSA) is 58.6 Å². The first kappa shape index (κ1) is 15.9. The molecule has 0 aliphatic carbocycles. The summed E-state index contributed by atoms with van der Waals surface area (Å²) in [5.74, 6) is 0. The van der Waals surface area contributed by atoms with Gasteiger partial charge in [0.1, 0.15) is 0 Å². The average molecular weight is 278 g/mol. The maximum absolute atomic E-state index is 12.1. The molecule has 108 valence electrons. The summed E-state index contributed by atoms with van der Waals surface area (Å²) in [5.41, 5.74) is 0. The normalized spacial score (nSPS) is 26.4. The number of nitrogens with one attached hydrogen (secondary N) is 1. The molecule has 0 aromatic heterocycles. The Morgan fingerprint density at radius 1 is 1.17 bits per heavy atom. The van der Waals surface area contributed by atoms with Gasteiger partial charge in [-0.05, 0) is 20.3 Å². The number of hydrogen-bond acceptors (Lipinski definition) is 3. The van der Waals surface area contributed by atoms with E-state index in [4.69, 9.17) is 4.74 Å². The summed E-state index contributed by atoms with van der Waals surface area (Å²) in [4.78, 5) is 0. The highest BCUT2D eigenvalue weighted by atomic mass is 32.2. The van der Waals surface area contributed by atoms with Crippen LogP contribution in [0.4, 0.5) is 0 Å². The Kier molecular flexibility index (Phi) is 6.55. The molecule has 1 N–H and O–H groups in total. The van der Waals surface area contributed by atoms with Crippen molar-refractivity contribution in [1.29, 1.82) is 0 Å². The van der Waals surface area contributed by atoms with Gasteiger partial charge in [-0.15, -0.1) is 0 Å². The van der Waals surface area contributed by atoms with Gasteiger partial charge in [-0.1, -0.05) is 26.2 Å². The van der Waals surface area contributed by atoms with E-state index in [-0.39, 0.29) is 12.2 Å². The highest BCUT2D eigenvalue weighted by Gasteiger charge is 2.30. The summed E-state index contributed by atoms with van der Waals surface area (Å²) < 4.78 is 33.8. The minimum absolute atomic E-state index is 0.0367. The van der Waals surface area contributed by atoms with Crippen molar-refractivity contribution in [3.63, 3.8) is 0 Å². The lowest BCUT2D eigenvalue weighted by molar-refractivity contribution is -0.0443. The molecule has 1 rings (SSSR count). The second-order valence-electron chi connectivity index (χ2n) is 5.03. The van der Waals surface area contributed by atoms with Crippen LogP contribution in [-0.2, 0) is 14.9 Å². The molecule has 1 aliphatic rings. The second-order valence-corrected chi connectivity index (χ2v) is 6.79. The van der Waals surface area contributed by atoms with E-state index < -0.39 is 10.2 Å². The Bertz CT molecular complexity index is 322. The summed E-state index contributed by atoms with van der Waals surface area (Å²) in [6.07, 6.45) is 4.23. The molecule has 0 bridgehead atoms. The van der Waals surface area contributed by atoms with Gasteiger partial charge in [0, 0.05) is 19.6 Å². The van der Waals surface area contributed by atoms with Gasteiger partial charge in [-0.3, -0.25) is 0 Å². The van der Waals surface area contributed by atoms with E-state index in [0.29, 0.717) is 19.6 Å². The first-order valence-electron chi connectivity index (χ1n) is 6.86. The molecular weight excluding hydrogens is 252 g/mol. The Labute approximate surface area is 111 Å².